The van der Waals surface area contributed by atoms with Crippen LogP contribution in [0.15, 0.2) is 0 Å². The van der Waals surface area contributed by atoms with Gasteiger partial charge in [-0.2, -0.15) is 0 Å². The maximum Gasteiger partial charge on any atom is 0.312 e. The van der Waals surface area contributed by atoms with Crippen LogP contribution >= 0.6 is 0 Å². The molecule has 0 radical (unpaired) electrons. The van der Waals surface area contributed by atoms with Crippen molar-refractivity contribution in [2.75, 3.05) is 27.2 Å². The first-order valence-corrected chi connectivity index (χ1v) is 4.58. The molecule has 2 amide bonds. The molecule has 0 aliphatic carbocycles. The lowest BCUT2D eigenvalue weighted by atomic mass is 10.3. The van der Waals surface area contributed by atoms with Crippen molar-refractivity contribution in [3.63, 3.8) is 0 Å². The van der Waals surface area contributed by atoms with Gasteiger partial charge in [-0.05, 0) is 27.1 Å². The van der Waals surface area contributed by atoms with Crippen LogP contribution in [0.2, 0.25) is 0 Å². The molecule has 0 aliphatic heterocycles. The molecule has 0 rings (SSSR count). The van der Waals surface area contributed by atoms with Crippen molar-refractivity contribution in [3.05, 3.63) is 0 Å². The molecule has 0 unspecified atom stereocenters. The van der Waals surface area contributed by atoms with Gasteiger partial charge in [0, 0.05) is 6.54 Å². The minimum atomic E-state index is -1.22. The lowest BCUT2D eigenvalue weighted by Crippen LogP contribution is -2.33. The molecular weight excluding hydrogens is 200 g/mol. The fraction of sp³-hybridized carbons (Fsp3) is 0.667. The third-order valence-electron chi connectivity index (χ3n) is 1.75. The van der Waals surface area contributed by atoms with Crippen molar-refractivity contribution in [1.29, 1.82) is 0 Å². The number of carbonyl (C=O) groups excluding carboxylic acids is 2. The van der Waals surface area contributed by atoms with Crippen LogP contribution in [0.4, 0.5) is 0 Å². The van der Waals surface area contributed by atoms with Gasteiger partial charge >= 0.3 is 5.97 Å². The first-order chi connectivity index (χ1) is 6.97. The molecule has 1 N–H and O–H groups in total. The van der Waals surface area contributed by atoms with E-state index in [0.29, 0.717) is 12.8 Å². The van der Waals surface area contributed by atoms with E-state index in [2.05, 4.69) is 0 Å². The molecular formula is C9H16N2O4. The second-order valence-corrected chi connectivity index (χ2v) is 3.42. The number of hydrogen-bond donors (Lipinski definition) is 1. The van der Waals surface area contributed by atoms with Crippen molar-refractivity contribution < 1.29 is 19.5 Å². The number of nitrogens with zero attached hydrogens (tertiary/aromatic N) is 2. The van der Waals surface area contributed by atoms with Gasteiger partial charge < -0.3 is 10.0 Å². The third-order valence-corrected chi connectivity index (χ3v) is 1.75. The second kappa shape index (κ2) is 6.94. The number of imide groups is 1. The zero-order valence-corrected chi connectivity index (χ0v) is 8.97. The van der Waals surface area contributed by atoms with Crippen LogP contribution in [0.3, 0.4) is 0 Å². The molecule has 0 fully saturated rings. The van der Waals surface area contributed by atoms with E-state index in [1.807, 2.05) is 19.0 Å². The fourth-order valence-electron chi connectivity index (χ4n) is 1.02. The Morgan fingerprint density at radius 1 is 1.27 bits per heavy atom. The van der Waals surface area contributed by atoms with Crippen LogP contribution in [0.1, 0.15) is 12.8 Å². The largest absolute Gasteiger partial charge is 0.481 e. The highest BCUT2D eigenvalue weighted by molar-refractivity contribution is 5.97. The van der Waals surface area contributed by atoms with Crippen LogP contribution in [-0.4, -0.2) is 60.4 Å². The van der Waals surface area contributed by atoms with E-state index in [0.717, 1.165) is 11.4 Å². The smallest absolute Gasteiger partial charge is 0.312 e. The highest BCUT2D eigenvalue weighted by atomic mass is 16.4. The van der Waals surface area contributed by atoms with E-state index in [4.69, 9.17) is 5.11 Å². The molecule has 0 aliphatic rings. The summed E-state index contributed by atoms with van der Waals surface area (Å²) in [4.78, 5) is 34.7. The minimum absolute atomic E-state index is 0.258. The van der Waals surface area contributed by atoms with Crippen LogP contribution in [0.25, 0.3) is 0 Å². The van der Waals surface area contributed by atoms with Gasteiger partial charge in [0.05, 0.1) is 0 Å². The van der Waals surface area contributed by atoms with Crippen LogP contribution in [-0.2, 0) is 14.4 Å². The topological polar surface area (TPSA) is 77.9 Å². The zero-order valence-electron chi connectivity index (χ0n) is 8.97. The van der Waals surface area contributed by atoms with Crippen molar-refractivity contribution in [2.45, 2.75) is 12.8 Å². The summed E-state index contributed by atoms with van der Waals surface area (Å²) >= 11 is 0. The van der Waals surface area contributed by atoms with E-state index in [9.17, 15) is 14.4 Å². The van der Waals surface area contributed by atoms with Crippen molar-refractivity contribution in [1.82, 2.24) is 9.80 Å². The third kappa shape index (κ3) is 6.62. The lowest BCUT2D eigenvalue weighted by molar-refractivity contribution is -0.145. The first kappa shape index (κ1) is 13.6. The summed E-state index contributed by atoms with van der Waals surface area (Å²) in [5.41, 5.74) is 0. The summed E-state index contributed by atoms with van der Waals surface area (Å²) in [6.07, 6.45) is 0.374. The molecule has 0 aromatic heterocycles. The molecule has 15 heavy (non-hydrogen) atoms. The molecule has 0 atom stereocenters. The highest BCUT2D eigenvalue weighted by Gasteiger charge is 2.15. The summed E-state index contributed by atoms with van der Waals surface area (Å²) < 4.78 is 0. The normalized spacial score (nSPS) is 10.1. The number of amides is 2. The standard InChI is InChI=1S/C9H16N2O4/c1-10(2)4-3-5-11(7-12)8(13)6-9(14)15/h7H,3-6H2,1-2H3,(H,14,15). The van der Waals surface area contributed by atoms with Gasteiger partial charge in [-0.25, -0.2) is 0 Å². The Hall–Kier alpha value is -1.43. The Labute approximate surface area is 88.5 Å². The summed E-state index contributed by atoms with van der Waals surface area (Å²) in [6.45, 7) is 0.998. The monoisotopic (exact) mass is 216 g/mol. The summed E-state index contributed by atoms with van der Waals surface area (Å²) in [5.74, 6) is -1.89. The van der Waals surface area contributed by atoms with Crippen LogP contribution in [0, 0.1) is 0 Å². The molecule has 0 saturated carbocycles. The quantitative estimate of drug-likeness (QED) is 0.454. The highest BCUT2D eigenvalue weighted by Crippen LogP contribution is 1.94. The second-order valence-electron chi connectivity index (χ2n) is 3.42. The Morgan fingerprint density at radius 3 is 2.27 bits per heavy atom. The lowest BCUT2D eigenvalue weighted by Gasteiger charge is -2.16. The van der Waals surface area contributed by atoms with E-state index in [-0.39, 0.29) is 6.54 Å². The number of rotatable bonds is 7. The van der Waals surface area contributed by atoms with Gasteiger partial charge in [0.1, 0.15) is 6.42 Å². The van der Waals surface area contributed by atoms with E-state index in [1.54, 1.807) is 0 Å². The predicted octanol–water partition coefficient (Wildman–Crippen LogP) is -0.602. The summed E-state index contributed by atoms with van der Waals surface area (Å²) in [5, 5.41) is 8.37. The Kier molecular flexibility index (Phi) is 6.28. The maximum absolute atomic E-state index is 11.2. The van der Waals surface area contributed by atoms with Gasteiger partial charge in [0.15, 0.2) is 0 Å². The van der Waals surface area contributed by atoms with Gasteiger partial charge in [-0.1, -0.05) is 0 Å². The van der Waals surface area contributed by atoms with Gasteiger partial charge in [-0.15, -0.1) is 0 Å². The van der Waals surface area contributed by atoms with Crippen molar-refractivity contribution >= 4 is 18.3 Å². The number of carboxylic acids is 1. The molecule has 0 saturated heterocycles. The molecule has 0 aromatic carbocycles. The van der Waals surface area contributed by atoms with Gasteiger partial charge in [0.2, 0.25) is 12.3 Å². The van der Waals surface area contributed by atoms with Gasteiger partial charge in [-0.3, -0.25) is 19.3 Å². The Balaban J connectivity index is 3.96. The zero-order chi connectivity index (χ0) is 11.8. The first-order valence-electron chi connectivity index (χ1n) is 4.58. The average Bonchev–Trinajstić information content (AvgIpc) is 2.10. The number of hydrogen-bond acceptors (Lipinski definition) is 4. The predicted molar refractivity (Wildman–Crippen MR) is 53.2 cm³/mol. The van der Waals surface area contributed by atoms with E-state index in [1.165, 1.54) is 0 Å². The van der Waals surface area contributed by atoms with Crippen molar-refractivity contribution in [2.24, 2.45) is 0 Å². The molecule has 0 bridgehead atoms. The Bertz CT molecular complexity index is 240. The number of aliphatic carboxylic acids is 1. The number of carbonyl (C=O) groups is 3. The van der Waals surface area contributed by atoms with Crippen LogP contribution in [0.5, 0.6) is 0 Å². The summed E-state index contributed by atoms with van der Waals surface area (Å²) in [7, 11) is 3.76. The average molecular weight is 216 g/mol. The summed E-state index contributed by atoms with van der Waals surface area (Å²) in [6, 6.07) is 0. The SMILES string of the molecule is CN(C)CCCN(C=O)C(=O)CC(=O)O. The maximum atomic E-state index is 11.2. The van der Waals surface area contributed by atoms with E-state index < -0.39 is 18.3 Å². The molecule has 6 heteroatoms. The van der Waals surface area contributed by atoms with E-state index >= 15 is 0 Å². The van der Waals surface area contributed by atoms with Crippen LogP contribution < -0.4 is 0 Å². The molecule has 86 valence electrons. The minimum Gasteiger partial charge on any atom is -0.481 e. The Morgan fingerprint density at radius 2 is 1.87 bits per heavy atom. The molecule has 0 spiro atoms. The van der Waals surface area contributed by atoms with Crippen molar-refractivity contribution in [3.8, 4) is 0 Å². The molecule has 6 nitrogen and oxygen atoms in total. The molecule has 0 heterocycles. The molecule has 0 aromatic rings. The fourth-order valence-corrected chi connectivity index (χ4v) is 1.02. The number of carboxylic acid groups (broad SMARTS) is 1. The van der Waals surface area contributed by atoms with Gasteiger partial charge in [0.25, 0.3) is 0 Å².